The van der Waals surface area contributed by atoms with Crippen molar-refractivity contribution in [1.29, 1.82) is 0 Å². The van der Waals surface area contributed by atoms with E-state index in [4.69, 9.17) is 0 Å². The van der Waals surface area contributed by atoms with Gasteiger partial charge in [0.25, 0.3) is 0 Å². The van der Waals surface area contributed by atoms with Crippen LogP contribution in [0.2, 0.25) is 11.1 Å². The standard InChI is InChI=1S/C3H7.CH3.Al.H/c1-3-2;;;/h1,3H2,2H3;1H3;;/q;;+1;-1. The molecule has 0 N–H and O–H groups in total. The molecule has 0 aromatic heterocycles. The van der Waals surface area contributed by atoms with E-state index in [1.54, 1.807) is 0 Å². The van der Waals surface area contributed by atoms with Crippen molar-refractivity contribution in [2.75, 3.05) is 0 Å². The van der Waals surface area contributed by atoms with Gasteiger partial charge in [-0.25, -0.2) is 0 Å². The Morgan fingerprint density at radius 3 is 2.40 bits per heavy atom. The van der Waals surface area contributed by atoms with Crippen LogP contribution in [0.4, 0.5) is 0 Å². The molecule has 0 rings (SSSR count). The summed E-state index contributed by atoms with van der Waals surface area (Å²) >= 11 is 0.786. The van der Waals surface area contributed by atoms with Gasteiger partial charge in [0.1, 0.15) is 0 Å². The first-order valence-electron chi connectivity index (χ1n) is 2.19. The molecule has 0 spiro atoms. The molecule has 0 saturated carbocycles. The maximum atomic E-state index is 2.30. The van der Waals surface area contributed by atoms with E-state index in [2.05, 4.69) is 12.7 Å². The number of hydrogen-bond donors (Lipinski definition) is 0. The van der Waals surface area contributed by atoms with Crippen molar-refractivity contribution in [1.82, 2.24) is 0 Å². The van der Waals surface area contributed by atoms with E-state index in [0.29, 0.717) is 0 Å². The first kappa shape index (κ1) is 5.53. The Morgan fingerprint density at radius 1 is 1.80 bits per heavy atom. The molecule has 0 aromatic carbocycles. The summed E-state index contributed by atoms with van der Waals surface area (Å²) in [4.78, 5) is 0. The molecule has 0 unspecified atom stereocenters. The van der Waals surface area contributed by atoms with E-state index >= 15 is 0 Å². The summed E-state index contributed by atoms with van der Waals surface area (Å²) in [7, 11) is 0. The summed E-state index contributed by atoms with van der Waals surface area (Å²) in [5.41, 5.74) is 0. The zero-order valence-corrected chi connectivity index (χ0v) is 5.15. The molecular formula is C4H11Al. The average molecular weight is 86.1 g/mol. The zero-order valence-electron chi connectivity index (χ0n) is 4.99. The summed E-state index contributed by atoms with van der Waals surface area (Å²) in [5.74, 6) is 2.30. The van der Waals surface area contributed by atoms with Gasteiger partial charge >= 0.3 is 39.6 Å². The predicted octanol–water partition coefficient (Wildman–Crippen LogP) is 1.68. The molecule has 0 aliphatic carbocycles. The molecule has 0 saturated heterocycles. The Hall–Kier alpha value is 0.532. The minimum atomic E-state index is 0. The summed E-state index contributed by atoms with van der Waals surface area (Å²) < 4.78 is 0. The van der Waals surface area contributed by atoms with E-state index in [0.717, 1.165) is 15.2 Å². The van der Waals surface area contributed by atoms with E-state index in [9.17, 15) is 0 Å². The van der Waals surface area contributed by atoms with Crippen LogP contribution in [-0.4, -0.2) is 15.2 Å². The second kappa shape index (κ2) is 4.53. The molecule has 0 fully saturated rings. The van der Waals surface area contributed by atoms with Crippen LogP contribution in [0.25, 0.3) is 0 Å². The van der Waals surface area contributed by atoms with Gasteiger partial charge in [0.05, 0.1) is 0 Å². The first-order chi connectivity index (χ1) is 2.41. The zero-order chi connectivity index (χ0) is 4.12. The van der Waals surface area contributed by atoms with E-state index in [1.807, 2.05) is 0 Å². The fourth-order valence-electron chi connectivity index (χ4n) is 0.289. The summed E-state index contributed by atoms with van der Waals surface area (Å²) in [6.45, 7) is 2.23. The van der Waals surface area contributed by atoms with Crippen molar-refractivity contribution in [2.24, 2.45) is 0 Å². The first-order valence-corrected chi connectivity index (χ1v) is 4.16. The molecule has 0 aliphatic rings. The molecule has 0 bridgehead atoms. The van der Waals surface area contributed by atoms with Gasteiger partial charge < -0.3 is 1.43 Å². The SMILES string of the molecule is CC[CH2][Al+][CH3].[H-]. The van der Waals surface area contributed by atoms with Crippen LogP contribution >= 0.6 is 0 Å². The van der Waals surface area contributed by atoms with Crippen molar-refractivity contribution < 1.29 is 1.43 Å². The van der Waals surface area contributed by atoms with Crippen molar-refractivity contribution in [3.8, 4) is 0 Å². The van der Waals surface area contributed by atoms with Gasteiger partial charge in [-0.05, 0) is 0 Å². The molecule has 0 nitrogen and oxygen atoms in total. The Bertz CT molecular complexity index is 15.0. The summed E-state index contributed by atoms with van der Waals surface area (Å²) in [6, 6.07) is 0. The molecule has 0 atom stereocenters. The van der Waals surface area contributed by atoms with Crippen molar-refractivity contribution in [3.05, 3.63) is 0 Å². The van der Waals surface area contributed by atoms with E-state index < -0.39 is 0 Å². The summed E-state index contributed by atoms with van der Waals surface area (Å²) in [6.07, 6.45) is 1.38. The van der Waals surface area contributed by atoms with E-state index in [1.165, 1.54) is 11.7 Å². The molecule has 1 heteroatoms. The molecule has 0 radical (unpaired) electrons. The molecule has 0 heterocycles. The van der Waals surface area contributed by atoms with Gasteiger partial charge in [-0.2, -0.15) is 0 Å². The minimum Gasteiger partial charge on any atom is -1.00 e. The largest absolute Gasteiger partial charge is 1.00 e. The van der Waals surface area contributed by atoms with Crippen LogP contribution in [0, 0.1) is 0 Å². The third kappa shape index (κ3) is 4.53. The molecule has 0 aromatic rings. The van der Waals surface area contributed by atoms with Crippen LogP contribution < -0.4 is 0 Å². The maximum Gasteiger partial charge on any atom is -1.00 e. The van der Waals surface area contributed by atoms with Gasteiger partial charge in [-0.15, -0.1) is 0 Å². The van der Waals surface area contributed by atoms with Gasteiger partial charge in [0, 0.05) is 0 Å². The van der Waals surface area contributed by atoms with Crippen LogP contribution in [0.1, 0.15) is 14.8 Å². The average Bonchev–Trinajstić information content (AvgIpc) is 1.41. The van der Waals surface area contributed by atoms with Crippen LogP contribution in [0.15, 0.2) is 0 Å². The number of hydrogen-bond acceptors (Lipinski definition) is 0. The van der Waals surface area contributed by atoms with Gasteiger partial charge in [0.2, 0.25) is 0 Å². The van der Waals surface area contributed by atoms with Gasteiger partial charge in [-0.3, -0.25) is 0 Å². The number of rotatable bonds is 2. The second-order valence-corrected chi connectivity index (χ2v) is 2.59. The molecular weight excluding hydrogens is 75.0 g/mol. The fraction of sp³-hybridized carbons (Fsp3) is 1.00. The van der Waals surface area contributed by atoms with E-state index in [-0.39, 0.29) is 1.43 Å². The van der Waals surface area contributed by atoms with Crippen LogP contribution in [0.5, 0.6) is 0 Å². The quantitative estimate of drug-likeness (QED) is 0.448. The Kier molecular flexibility index (Phi) is 5.02. The third-order valence-corrected chi connectivity index (χ3v) is 1.73. The summed E-state index contributed by atoms with van der Waals surface area (Å²) in [5, 5.41) is 1.47. The minimum absolute atomic E-state index is 0. The molecule has 0 aliphatic heterocycles. The smallest absolute Gasteiger partial charge is 1.00 e. The normalized spacial score (nSPS) is 6.80. The molecule has 5 heavy (non-hydrogen) atoms. The Balaban J connectivity index is 0. The predicted molar refractivity (Wildman–Crippen MR) is 27.8 cm³/mol. The topological polar surface area (TPSA) is 0 Å². The van der Waals surface area contributed by atoms with Crippen molar-refractivity contribution in [2.45, 2.75) is 24.4 Å². The van der Waals surface area contributed by atoms with Gasteiger partial charge in [0.15, 0.2) is 0 Å². The van der Waals surface area contributed by atoms with Gasteiger partial charge in [-0.1, -0.05) is 0 Å². The van der Waals surface area contributed by atoms with Crippen LogP contribution in [-0.2, 0) is 0 Å². The Morgan fingerprint density at radius 2 is 2.40 bits per heavy atom. The maximum absolute atomic E-state index is 2.30. The van der Waals surface area contributed by atoms with Crippen LogP contribution in [0.3, 0.4) is 0 Å². The monoisotopic (exact) mass is 86.1 g/mol. The van der Waals surface area contributed by atoms with Crippen molar-refractivity contribution in [3.63, 3.8) is 0 Å². The molecule has 30 valence electrons. The fourth-order valence-corrected chi connectivity index (χ4v) is 0.866. The second-order valence-electron chi connectivity index (χ2n) is 1.20. The third-order valence-electron chi connectivity index (χ3n) is 0.577. The van der Waals surface area contributed by atoms with Crippen molar-refractivity contribution >= 4 is 15.2 Å². The Labute approximate surface area is 41.8 Å². The molecule has 0 amide bonds.